The van der Waals surface area contributed by atoms with Crippen molar-refractivity contribution < 1.29 is 9.90 Å². The Labute approximate surface area is 88.9 Å². The van der Waals surface area contributed by atoms with Gasteiger partial charge in [0.15, 0.2) is 0 Å². The summed E-state index contributed by atoms with van der Waals surface area (Å²) in [6.07, 6.45) is 1.80. The second-order valence-corrected chi connectivity index (χ2v) is 3.54. The van der Waals surface area contributed by atoms with Gasteiger partial charge < -0.3 is 20.7 Å². The highest BCUT2D eigenvalue weighted by molar-refractivity contribution is 5.93. The molecule has 4 N–H and O–H groups in total. The molecule has 1 aromatic rings. The molecule has 0 saturated carbocycles. The van der Waals surface area contributed by atoms with Crippen molar-refractivity contribution >= 4 is 11.6 Å². The smallest absolute Gasteiger partial charge is 0.268 e. The first kappa shape index (κ1) is 11.6. The molecule has 1 unspecified atom stereocenters. The Hall–Kier alpha value is -1.49. The summed E-state index contributed by atoms with van der Waals surface area (Å²) in [5, 5.41) is 11.9. The van der Waals surface area contributed by atoms with E-state index in [0.717, 1.165) is 0 Å². The first-order valence-electron chi connectivity index (χ1n) is 4.92. The summed E-state index contributed by atoms with van der Waals surface area (Å²) < 4.78 is 1.66. The Balaban J connectivity index is 2.58. The van der Waals surface area contributed by atoms with Crippen LogP contribution in [0.3, 0.4) is 0 Å². The SMILES string of the molecule is CCC(O)CNC(=O)c1cc(N)cn1C. The van der Waals surface area contributed by atoms with Crippen LogP contribution in [0.15, 0.2) is 12.3 Å². The van der Waals surface area contributed by atoms with Gasteiger partial charge in [0.2, 0.25) is 0 Å². The minimum Gasteiger partial charge on any atom is -0.397 e. The molecular formula is C10H17N3O2. The average molecular weight is 211 g/mol. The number of amides is 1. The van der Waals surface area contributed by atoms with Gasteiger partial charge in [-0.2, -0.15) is 0 Å². The Morgan fingerprint density at radius 2 is 2.40 bits per heavy atom. The summed E-state index contributed by atoms with van der Waals surface area (Å²) in [5.41, 5.74) is 6.60. The van der Waals surface area contributed by atoms with Crippen molar-refractivity contribution in [2.45, 2.75) is 19.4 Å². The lowest BCUT2D eigenvalue weighted by atomic mass is 10.3. The number of carbonyl (C=O) groups is 1. The molecule has 0 saturated heterocycles. The number of nitrogen functional groups attached to an aromatic ring is 1. The zero-order valence-electron chi connectivity index (χ0n) is 9.03. The zero-order valence-corrected chi connectivity index (χ0v) is 9.03. The Bertz CT molecular complexity index is 346. The lowest BCUT2D eigenvalue weighted by molar-refractivity contribution is 0.0906. The van der Waals surface area contributed by atoms with E-state index >= 15 is 0 Å². The van der Waals surface area contributed by atoms with Crippen LogP contribution in [0.2, 0.25) is 0 Å². The summed E-state index contributed by atoms with van der Waals surface area (Å²) in [6, 6.07) is 1.60. The number of nitrogens with one attached hydrogen (secondary N) is 1. The van der Waals surface area contributed by atoms with Gasteiger partial charge in [-0.3, -0.25) is 4.79 Å². The number of hydrogen-bond donors (Lipinski definition) is 3. The molecule has 1 rings (SSSR count). The van der Waals surface area contributed by atoms with E-state index in [0.29, 0.717) is 17.8 Å². The van der Waals surface area contributed by atoms with Crippen LogP contribution in [-0.2, 0) is 7.05 Å². The van der Waals surface area contributed by atoms with Crippen molar-refractivity contribution in [1.29, 1.82) is 0 Å². The van der Waals surface area contributed by atoms with Gasteiger partial charge in [0.25, 0.3) is 5.91 Å². The molecule has 1 amide bonds. The van der Waals surface area contributed by atoms with E-state index in [4.69, 9.17) is 5.73 Å². The number of nitrogens with zero attached hydrogens (tertiary/aromatic N) is 1. The minimum atomic E-state index is -0.494. The first-order valence-corrected chi connectivity index (χ1v) is 4.92. The maximum absolute atomic E-state index is 11.6. The van der Waals surface area contributed by atoms with E-state index < -0.39 is 6.10 Å². The monoisotopic (exact) mass is 211 g/mol. The maximum atomic E-state index is 11.6. The molecule has 0 aromatic carbocycles. The van der Waals surface area contributed by atoms with E-state index in [1.54, 1.807) is 23.9 Å². The number of anilines is 1. The predicted octanol–water partition coefficient (Wildman–Crippen LogP) is 0.108. The Morgan fingerprint density at radius 3 is 2.87 bits per heavy atom. The molecule has 5 nitrogen and oxygen atoms in total. The number of aliphatic hydroxyl groups excluding tert-OH is 1. The molecule has 1 heterocycles. The van der Waals surface area contributed by atoms with E-state index in [2.05, 4.69) is 5.32 Å². The fraction of sp³-hybridized carbons (Fsp3) is 0.500. The van der Waals surface area contributed by atoms with Crippen LogP contribution in [0.5, 0.6) is 0 Å². The van der Waals surface area contributed by atoms with Gasteiger partial charge in [0, 0.05) is 19.8 Å². The van der Waals surface area contributed by atoms with Gasteiger partial charge in [0.1, 0.15) is 5.69 Å². The van der Waals surface area contributed by atoms with Gasteiger partial charge in [0.05, 0.1) is 11.8 Å². The predicted molar refractivity (Wildman–Crippen MR) is 58.5 cm³/mol. The van der Waals surface area contributed by atoms with Crippen LogP contribution in [0.25, 0.3) is 0 Å². The number of nitrogens with two attached hydrogens (primary N) is 1. The summed E-state index contributed by atoms with van der Waals surface area (Å²) in [7, 11) is 1.75. The molecule has 0 aliphatic heterocycles. The molecule has 1 aromatic heterocycles. The van der Waals surface area contributed by atoms with Crippen LogP contribution in [-0.4, -0.2) is 28.2 Å². The molecule has 0 radical (unpaired) electrons. The lowest BCUT2D eigenvalue weighted by Gasteiger charge is -2.09. The third-order valence-corrected chi connectivity index (χ3v) is 2.23. The van der Waals surface area contributed by atoms with Gasteiger partial charge in [-0.1, -0.05) is 6.92 Å². The number of rotatable bonds is 4. The van der Waals surface area contributed by atoms with Gasteiger partial charge in [-0.05, 0) is 12.5 Å². The van der Waals surface area contributed by atoms with Crippen molar-refractivity contribution in [1.82, 2.24) is 9.88 Å². The molecule has 0 fully saturated rings. The highest BCUT2D eigenvalue weighted by Crippen LogP contribution is 2.08. The van der Waals surface area contributed by atoms with Crippen LogP contribution in [0, 0.1) is 0 Å². The molecule has 5 heteroatoms. The molecule has 84 valence electrons. The number of carbonyl (C=O) groups excluding carboxylic acids is 1. The molecular weight excluding hydrogens is 194 g/mol. The molecule has 0 bridgehead atoms. The summed E-state index contributed by atoms with van der Waals surface area (Å²) in [4.78, 5) is 11.6. The topological polar surface area (TPSA) is 80.3 Å². The second-order valence-electron chi connectivity index (χ2n) is 3.54. The summed E-state index contributed by atoms with van der Waals surface area (Å²) in [5.74, 6) is -0.221. The Morgan fingerprint density at radius 1 is 1.73 bits per heavy atom. The Kier molecular flexibility index (Phi) is 3.74. The maximum Gasteiger partial charge on any atom is 0.268 e. The van der Waals surface area contributed by atoms with Gasteiger partial charge >= 0.3 is 0 Å². The molecule has 0 spiro atoms. The highest BCUT2D eigenvalue weighted by atomic mass is 16.3. The van der Waals surface area contributed by atoms with E-state index in [1.165, 1.54) is 0 Å². The fourth-order valence-corrected chi connectivity index (χ4v) is 1.26. The van der Waals surface area contributed by atoms with Crippen molar-refractivity contribution in [3.63, 3.8) is 0 Å². The van der Waals surface area contributed by atoms with Crippen molar-refractivity contribution in [3.05, 3.63) is 18.0 Å². The highest BCUT2D eigenvalue weighted by Gasteiger charge is 2.11. The number of aryl methyl sites for hydroxylation is 1. The van der Waals surface area contributed by atoms with Crippen LogP contribution >= 0.6 is 0 Å². The average Bonchev–Trinajstić information content (AvgIpc) is 2.53. The van der Waals surface area contributed by atoms with E-state index in [-0.39, 0.29) is 12.5 Å². The second kappa shape index (κ2) is 4.84. The fourth-order valence-electron chi connectivity index (χ4n) is 1.26. The first-order chi connectivity index (χ1) is 7.04. The molecule has 15 heavy (non-hydrogen) atoms. The van der Waals surface area contributed by atoms with Crippen LogP contribution < -0.4 is 11.1 Å². The number of aromatic nitrogens is 1. The van der Waals surface area contributed by atoms with Gasteiger partial charge in [-0.15, -0.1) is 0 Å². The third-order valence-electron chi connectivity index (χ3n) is 2.23. The van der Waals surface area contributed by atoms with Crippen LogP contribution in [0.4, 0.5) is 5.69 Å². The summed E-state index contributed by atoms with van der Waals surface area (Å²) in [6.45, 7) is 2.12. The lowest BCUT2D eigenvalue weighted by Crippen LogP contribution is -2.32. The summed E-state index contributed by atoms with van der Waals surface area (Å²) >= 11 is 0. The number of aliphatic hydroxyl groups is 1. The van der Waals surface area contributed by atoms with Crippen LogP contribution in [0.1, 0.15) is 23.8 Å². The number of hydrogen-bond acceptors (Lipinski definition) is 3. The largest absolute Gasteiger partial charge is 0.397 e. The van der Waals surface area contributed by atoms with E-state index in [1.807, 2.05) is 6.92 Å². The third kappa shape index (κ3) is 2.99. The molecule has 0 aliphatic rings. The quantitative estimate of drug-likeness (QED) is 0.661. The van der Waals surface area contributed by atoms with Gasteiger partial charge in [-0.25, -0.2) is 0 Å². The normalized spacial score (nSPS) is 12.5. The molecule has 1 atom stereocenters. The minimum absolute atomic E-state index is 0.221. The zero-order chi connectivity index (χ0) is 11.4. The van der Waals surface area contributed by atoms with E-state index in [9.17, 15) is 9.90 Å². The van der Waals surface area contributed by atoms with Crippen molar-refractivity contribution in [2.75, 3.05) is 12.3 Å². The van der Waals surface area contributed by atoms with Crippen molar-refractivity contribution in [2.24, 2.45) is 7.05 Å². The standard InChI is InChI=1S/C10H17N3O2/c1-3-8(14)5-12-10(15)9-4-7(11)6-13(9)2/h4,6,8,14H,3,5,11H2,1-2H3,(H,12,15). The molecule has 0 aliphatic carbocycles. The van der Waals surface area contributed by atoms with Crippen molar-refractivity contribution in [3.8, 4) is 0 Å².